The van der Waals surface area contributed by atoms with Crippen LogP contribution in [0, 0.1) is 6.92 Å². The summed E-state index contributed by atoms with van der Waals surface area (Å²) in [5, 5.41) is 3.97. The number of thiazole rings is 1. The predicted molar refractivity (Wildman–Crippen MR) is 78.1 cm³/mol. The van der Waals surface area contributed by atoms with Crippen LogP contribution in [0.2, 0.25) is 0 Å². The van der Waals surface area contributed by atoms with Gasteiger partial charge < -0.3 is 5.32 Å². The number of carbonyl (C=O) groups excluding carboxylic acids is 1. The Kier molecular flexibility index (Phi) is 4.77. The minimum Gasteiger partial charge on any atom is -0.348 e. The van der Waals surface area contributed by atoms with Crippen LogP contribution in [0.15, 0.2) is 0 Å². The van der Waals surface area contributed by atoms with Crippen molar-refractivity contribution in [3.8, 4) is 0 Å². The van der Waals surface area contributed by atoms with Crippen LogP contribution in [0.5, 0.6) is 0 Å². The molecule has 0 unspecified atom stereocenters. The van der Waals surface area contributed by atoms with Crippen molar-refractivity contribution in [1.82, 2.24) is 15.0 Å². The van der Waals surface area contributed by atoms with Gasteiger partial charge in [0.05, 0.1) is 23.0 Å². The largest absolute Gasteiger partial charge is 0.348 e. The lowest BCUT2D eigenvalue weighted by Crippen LogP contribution is -2.34. The van der Waals surface area contributed by atoms with Gasteiger partial charge in [-0.15, -0.1) is 11.3 Å². The van der Waals surface area contributed by atoms with Crippen molar-refractivity contribution in [3.05, 3.63) is 15.6 Å². The summed E-state index contributed by atoms with van der Waals surface area (Å²) in [5.41, 5.74) is 0.989. The molecule has 2 N–H and O–H groups in total. The standard InChI is InChI=1S/C12H19N3O3S2/c1-8-14-12-9(4-3-5-10(12)19-8)15-11(16)6-7-13-20(2,17)18/h9,13H,3-7H2,1-2H3,(H,15,16)/t9-/m1/s1. The molecule has 0 saturated carbocycles. The lowest BCUT2D eigenvalue weighted by atomic mass is 9.97. The molecule has 1 atom stereocenters. The van der Waals surface area contributed by atoms with Crippen LogP contribution in [0.3, 0.4) is 0 Å². The van der Waals surface area contributed by atoms with Gasteiger partial charge in [0, 0.05) is 17.8 Å². The van der Waals surface area contributed by atoms with Gasteiger partial charge in [-0.1, -0.05) is 0 Å². The second kappa shape index (κ2) is 6.19. The summed E-state index contributed by atoms with van der Waals surface area (Å²) < 4.78 is 24.1. The third-order valence-electron chi connectivity index (χ3n) is 3.11. The number of rotatable bonds is 5. The number of aromatic nitrogens is 1. The van der Waals surface area contributed by atoms with Crippen LogP contribution < -0.4 is 10.0 Å². The first-order valence-electron chi connectivity index (χ1n) is 6.55. The topological polar surface area (TPSA) is 88.2 Å². The number of nitrogens with zero attached hydrogens (tertiary/aromatic N) is 1. The van der Waals surface area contributed by atoms with Crippen molar-refractivity contribution in [3.63, 3.8) is 0 Å². The number of aryl methyl sites for hydroxylation is 2. The van der Waals surface area contributed by atoms with E-state index in [1.54, 1.807) is 11.3 Å². The molecule has 1 heterocycles. The monoisotopic (exact) mass is 317 g/mol. The minimum absolute atomic E-state index is 0.0329. The van der Waals surface area contributed by atoms with Crippen molar-refractivity contribution >= 4 is 27.3 Å². The zero-order valence-electron chi connectivity index (χ0n) is 11.6. The first-order chi connectivity index (χ1) is 9.35. The number of carbonyl (C=O) groups is 1. The maximum atomic E-state index is 11.8. The Morgan fingerprint density at radius 3 is 2.95 bits per heavy atom. The fourth-order valence-electron chi connectivity index (χ4n) is 2.30. The third-order valence-corrected chi connectivity index (χ3v) is 4.89. The van der Waals surface area contributed by atoms with Crippen LogP contribution in [0.25, 0.3) is 0 Å². The molecule has 1 amide bonds. The average molecular weight is 317 g/mol. The molecule has 0 saturated heterocycles. The summed E-state index contributed by atoms with van der Waals surface area (Å²) in [6.07, 6.45) is 4.18. The molecule has 0 aromatic carbocycles. The van der Waals surface area contributed by atoms with Crippen molar-refractivity contribution in [1.29, 1.82) is 0 Å². The Morgan fingerprint density at radius 2 is 2.25 bits per heavy atom. The molecule has 6 nitrogen and oxygen atoms in total. The lowest BCUT2D eigenvalue weighted by Gasteiger charge is -2.22. The van der Waals surface area contributed by atoms with Gasteiger partial charge in [-0.25, -0.2) is 18.1 Å². The van der Waals surface area contributed by atoms with E-state index >= 15 is 0 Å². The van der Waals surface area contributed by atoms with Gasteiger partial charge in [-0.3, -0.25) is 4.79 Å². The molecule has 0 spiro atoms. The molecule has 1 aromatic rings. The smallest absolute Gasteiger partial charge is 0.221 e. The van der Waals surface area contributed by atoms with Gasteiger partial charge in [0.2, 0.25) is 15.9 Å². The van der Waals surface area contributed by atoms with E-state index in [0.29, 0.717) is 0 Å². The number of amides is 1. The summed E-state index contributed by atoms with van der Waals surface area (Å²) in [6.45, 7) is 2.10. The van der Waals surface area contributed by atoms with Crippen molar-refractivity contribution in [2.45, 2.75) is 38.6 Å². The highest BCUT2D eigenvalue weighted by molar-refractivity contribution is 7.88. The van der Waals surface area contributed by atoms with Crippen LogP contribution in [0.1, 0.15) is 40.9 Å². The maximum absolute atomic E-state index is 11.8. The molecule has 20 heavy (non-hydrogen) atoms. The van der Waals surface area contributed by atoms with E-state index in [2.05, 4.69) is 15.0 Å². The van der Waals surface area contributed by atoms with Gasteiger partial charge in [0.1, 0.15) is 0 Å². The summed E-state index contributed by atoms with van der Waals surface area (Å²) in [7, 11) is -3.24. The Labute approximate surface area is 123 Å². The summed E-state index contributed by atoms with van der Waals surface area (Å²) >= 11 is 1.69. The highest BCUT2D eigenvalue weighted by Crippen LogP contribution is 2.32. The number of nitrogens with one attached hydrogen (secondary N) is 2. The number of hydrogen-bond donors (Lipinski definition) is 2. The lowest BCUT2D eigenvalue weighted by molar-refractivity contribution is -0.121. The molecule has 0 radical (unpaired) electrons. The van der Waals surface area contributed by atoms with E-state index in [0.717, 1.165) is 36.2 Å². The fraction of sp³-hybridized carbons (Fsp3) is 0.667. The first-order valence-corrected chi connectivity index (χ1v) is 9.26. The third kappa shape index (κ3) is 4.26. The van der Waals surface area contributed by atoms with Gasteiger partial charge in [-0.2, -0.15) is 0 Å². The fourth-order valence-corrected chi connectivity index (χ4v) is 3.81. The molecular formula is C12H19N3O3S2. The number of hydrogen-bond acceptors (Lipinski definition) is 5. The van der Waals surface area contributed by atoms with E-state index in [4.69, 9.17) is 0 Å². The van der Waals surface area contributed by atoms with Gasteiger partial charge >= 0.3 is 0 Å². The molecule has 0 fully saturated rings. The SMILES string of the molecule is Cc1nc2c(s1)CCC[C@H]2NC(=O)CCNS(C)(=O)=O. The van der Waals surface area contributed by atoms with Crippen molar-refractivity contribution in [2.24, 2.45) is 0 Å². The van der Waals surface area contributed by atoms with Gasteiger partial charge in [-0.05, 0) is 26.2 Å². The molecule has 0 bridgehead atoms. The summed E-state index contributed by atoms with van der Waals surface area (Å²) in [4.78, 5) is 17.6. The number of sulfonamides is 1. The second-order valence-corrected chi connectivity index (χ2v) is 8.09. The van der Waals surface area contributed by atoms with Gasteiger partial charge in [0.15, 0.2) is 0 Å². The number of fused-ring (bicyclic) bond motifs is 1. The highest BCUT2D eigenvalue weighted by atomic mass is 32.2. The maximum Gasteiger partial charge on any atom is 0.221 e. The van der Waals surface area contributed by atoms with Crippen LogP contribution in [-0.2, 0) is 21.2 Å². The Balaban J connectivity index is 1.89. The Bertz CT molecular complexity index is 595. The van der Waals surface area contributed by atoms with E-state index in [9.17, 15) is 13.2 Å². The molecule has 2 rings (SSSR count). The predicted octanol–water partition coefficient (Wildman–Crippen LogP) is 0.884. The molecule has 0 aliphatic heterocycles. The molecule has 1 aliphatic rings. The minimum atomic E-state index is -3.24. The average Bonchev–Trinajstić information content (AvgIpc) is 2.68. The Hall–Kier alpha value is -0.990. The van der Waals surface area contributed by atoms with E-state index in [1.807, 2.05) is 6.92 Å². The summed E-state index contributed by atoms with van der Waals surface area (Å²) in [6, 6.07) is -0.0329. The van der Waals surface area contributed by atoms with Crippen LogP contribution in [0.4, 0.5) is 0 Å². The molecule has 8 heteroatoms. The van der Waals surface area contributed by atoms with E-state index in [1.165, 1.54) is 4.88 Å². The second-order valence-electron chi connectivity index (χ2n) is 4.97. The zero-order valence-corrected chi connectivity index (χ0v) is 13.2. The van der Waals surface area contributed by atoms with Crippen molar-refractivity contribution in [2.75, 3.05) is 12.8 Å². The molecule has 112 valence electrons. The normalized spacial score (nSPS) is 18.6. The molecular weight excluding hydrogens is 298 g/mol. The first kappa shape index (κ1) is 15.4. The summed E-state index contributed by atoms with van der Waals surface area (Å²) in [5.74, 6) is -0.148. The van der Waals surface area contributed by atoms with Crippen LogP contribution in [-0.4, -0.2) is 32.1 Å². The van der Waals surface area contributed by atoms with E-state index in [-0.39, 0.29) is 24.9 Å². The highest BCUT2D eigenvalue weighted by Gasteiger charge is 2.25. The molecule has 1 aromatic heterocycles. The Morgan fingerprint density at radius 1 is 1.50 bits per heavy atom. The van der Waals surface area contributed by atoms with Crippen LogP contribution >= 0.6 is 11.3 Å². The quantitative estimate of drug-likeness (QED) is 0.844. The zero-order chi connectivity index (χ0) is 14.8. The van der Waals surface area contributed by atoms with Gasteiger partial charge in [0.25, 0.3) is 0 Å². The molecule has 1 aliphatic carbocycles. The van der Waals surface area contributed by atoms with E-state index < -0.39 is 10.0 Å². The van der Waals surface area contributed by atoms with Crippen molar-refractivity contribution < 1.29 is 13.2 Å².